The van der Waals surface area contributed by atoms with Crippen molar-refractivity contribution in [2.45, 2.75) is 51.0 Å². The number of hydrogen-bond donors (Lipinski definition) is 1. The fourth-order valence-electron chi connectivity index (χ4n) is 1.65. The van der Waals surface area contributed by atoms with Gasteiger partial charge < -0.3 is 5.73 Å². The molecule has 96 valence electrons. The molecule has 0 aromatic heterocycles. The Morgan fingerprint density at radius 1 is 1.29 bits per heavy atom. The first-order chi connectivity index (χ1) is 8.04. The Hall–Kier alpha value is -0.670. The van der Waals surface area contributed by atoms with E-state index in [1.165, 1.54) is 11.1 Å². The predicted molar refractivity (Wildman–Crippen MR) is 74.7 cm³/mol. The fourth-order valence-corrected chi connectivity index (χ4v) is 2.85. The summed E-state index contributed by atoms with van der Waals surface area (Å²) in [6, 6.07) is 6.30. The van der Waals surface area contributed by atoms with E-state index in [1.54, 1.807) is 0 Å². The minimum absolute atomic E-state index is 0.256. The Morgan fingerprint density at radius 3 is 2.59 bits per heavy atom. The van der Waals surface area contributed by atoms with Gasteiger partial charge in [-0.05, 0) is 56.4 Å². The largest absolute Gasteiger partial charge is 0.328 e. The Bertz CT molecular complexity index is 390. The maximum atomic E-state index is 12.0. The van der Waals surface area contributed by atoms with Crippen molar-refractivity contribution >= 4 is 10.8 Å². The van der Waals surface area contributed by atoms with Crippen molar-refractivity contribution in [1.29, 1.82) is 0 Å². The van der Waals surface area contributed by atoms with Crippen LogP contribution in [0.2, 0.25) is 0 Å². The van der Waals surface area contributed by atoms with Gasteiger partial charge in [0.05, 0.1) is 10.8 Å². The second-order valence-corrected chi connectivity index (χ2v) is 6.18. The fraction of sp³-hybridized carbons (Fsp3) is 0.571. The van der Waals surface area contributed by atoms with Crippen LogP contribution in [0.5, 0.6) is 0 Å². The molecule has 2 nitrogen and oxygen atoms in total. The average Bonchev–Trinajstić information content (AvgIpc) is 2.32. The zero-order valence-electron chi connectivity index (χ0n) is 11.0. The van der Waals surface area contributed by atoms with E-state index in [9.17, 15) is 4.21 Å². The molecule has 0 aliphatic rings. The molecule has 0 fully saturated rings. The predicted octanol–water partition coefficient (Wildman–Crippen LogP) is 2.93. The average molecular weight is 253 g/mol. The summed E-state index contributed by atoms with van der Waals surface area (Å²) in [5.74, 6) is 0.718. The molecule has 0 spiro atoms. The molecule has 0 saturated carbocycles. The number of nitrogens with two attached hydrogens (primary N) is 1. The molecule has 3 heteroatoms. The molecule has 0 saturated heterocycles. The van der Waals surface area contributed by atoms with Crippen molar-refractivity contribution in [3.8, 4) is 0 Å². The van der Waals surface area contributed by atoms with E-state index in [0.717, 1.165) is 29.9 Å². The van der Waals surface area contributed by atoms with Gasteiger partial charge in [0.1, 0.15) is 0 Å². The third-order valence-corrected chi connectivity index (χ3v) is 4.61. The van der Waals surface area contributed by atoms with Gasteiger partial charge in [-0.15, -0.1) is 0 Å². The van der Waals surface area contributed by atoms with Crippen molar-refractivity contribution in [2.75, 3.05) is 5.75 Å². The Morgan fingerprint density at radius 2 is 2.00 bits per heavy atom. The molecule has 2 unspecified atom stereocenters. The zero-order chi connectivity index (χ0) is 12.8. The SMILES string of the molecule is CCC(N)CCCS(=O)c1ccc(C)c(C)c1. The van der Waals surface area contributed by atoms with Crippen LogP contribution in [0.4, 0.5) is 0 Å². The van der Waals surface area contributed by atoms with Crippen LogP contribution in [-0.2, 0) is 10.8 Å². The molecule has 0 aliphatic heterocycles. The van der Waals surface area contributed by atoms with Crippen LogP contribution in [0.25, 0.3) is 0 Å². The lowest BCUT2D eigenvalue weighted by Gasteiger charge is -2.08. The molecular weight excluding hydrogens is 230 g/mol. The topological polar surface area (TPSA) is 43.1 Å². The van der Waals surface area contributed by atoms with E-state index in [1.807, 2.05) is 18.2 Å². The van der Waals surface area contributed by atoms with Crippen molar-refractivity contribution < 1.29 is 4.21 Å². The van der Waals surface area contributed by atoms with E-state index in [0.29, 0.717) is 0 Å². The highest BCUT2D eigenvalue weighted by Crippen LogP contribution is 2.14. The van der Waals surface area contributed by atoms with Crippen LogP contribution < -0.4 is 5.73 Å². The normalized spacial score (nSPS) is 14.6. The summed E-state index contributed by atoms with van der Waals surface area (Å²) in [7, 11) is -0.876. The van der Waals surface area contributed by atoms with Gasteiger partial charge in [0.15, 0.2) is 0 Å². The van der Waals surface area contributed by atoms with Crippen LogP contribution in [0, 0.1) is 13.8 Å². The first-order valence-corrected chi connectivity index (χ1v) is 7.57. The van der Waals surface area contributed by atoms with E-state index < -0.39 is 10.8 Å². The van der Waals surface area contributed by atoms with Gasteiger partial charge >= 0.3 is 0 Å². The van der Waals surface area contributed by atoms with Crippen LogP contribution in [0.3, 0.4) is 0 Å². The number of hydrogen-bond acceptors (Lipinski definition) is 2. The second kappa shape index (κ2) is 6.92. The summed E-state index contributed by atoms with van der Waals surface area (Å²) < 4.78 is 12.0. The van der Waals surface area contributed by atoms with E-state index in [-0.39, 0.29) is 6.04 Å². The Labute approximate surface area is 107 Å². The smallest absolute Gasteiger partial charge is 0.0529 e. The Kier molecular flexibility index (Phi) is 5.86. The zero-order valence-corrected chi connectivity index (χ0v) is 11.8. The molecule has 0 bridgehead atoms. The molecule has 0 radical (unpaired) electrons. The van der Waals surface area contributed by atoms with Gasteiger partial charge in [-0.3, -0.25) is 4.21 Å². The van der Waals surface area contributed by atoms with Crippen molar-refractivity contribution in [2.24, 2.45) is 5.73 Å². The lowest BCUT2D eigenvalue weighted by molar-refractivity contribution is 0.586. The monoisotopic (exact) mass is 253 g/mol. The molecule has 0 aliphatic carbocycles. The maximum Gasteiger partial charge on any atom is 0.0529 e. The molecule has 0 heterocycles. The Balaban J connectivity index is 2.50. The molecule has 2 N–H and O–H groups in total. The van der Waals surface area contributed by atoms with Crippen LogP contribution >= 0.6 is 0 Å². The van der Waals surface area contributed by atoms with E-state index >= 15 is 0 Å². The van der Waals surface area contributed by atoms with Gasteiger partial charge in [-0.1, -0.05) is 13.0 Å². The standard InChI is InChI=1S/C14H23NOS/c1-4-13(15)6-5-9-17(16)14-8-7-11(2)12(3)10-14/h7-8,10,13H,4-6,9,15H2,1-3H3. The van der Waals surface area contributed by atoms with E-state index in [2.05, 4.69) is 20.8 Å². The van der Waals surface area contributed by atoms with Crippen molar-refractivity contribution in [3.05, 3.63) is 29.3 Å². The molecule has 1 aromatic carbocycles. The lowest BCUT2D eigenvalue weighted by Crippen LogP contribution is -2.19. The summed E-state index contributed by atoms with van der Waals surface area (Å²) in [6.45, 7) is 6.22. The quantitative estimate of drug-likeness (QED) is 0.847. The van der Waals surface area contributed by atoms with Gasteiger partial charge in [-0.25, -0.2) is 0 Å². The van der Waals surface area contributed by atoms with Crippen LogP contribution in [0.15, 0.2) is 23.1 Å². The van der Waals surface area contributed by atoms with Crippen molar-refractivity contribution in [1.82, 2.24) is 0 Å². The summed E-state index contributed by atoms with van der Waals surface area (Å²) >= 11 is 0. The molecule has 2 atom stereocenters. The summed E-state index contributed by atoms with van der Waals surface area (Å²) in [5.41, 5.74) is 8.30. The number of aryl methyl sites for hydroxylation is 2. The first-order valence-electron chi connectivity index (χ1n) is 6.25. The van der Waals surface area contributed by atoms with Crippen LogP contribution in [0.1, 0.15) is 37.3 Å². The third-order valence-electron chi connectivity index (χ3n) is 3.17. The molecule has 0 amide bonds. The maximum absolute atomic E-state index is 12.0. The summed E-state index contributed by atoms with van der Waals surface area (Å²) in [5, 5.41) is 0. The van der Waals surface area contributed by atoms with Crippen LogP contribution in [-0.4, -0.2) is 16.0 Å². The van der Waals surface area contributed by atoms with Crippen molar-refractivity contribution in [3.63, 3.8) is 0 Å². The molecular formula is C14H23NOS. The minimum Gasteiger partial charge on any atom is -0.328 e. The number of rotatable bonds is 6. The second-order valence-electron chi connectivity index (χ2n) is 4.61. The summed E-state index contributed by atoms with van der Waals surface area (Å²) in [6.07, 6.45) is 2.90. The highest BCUT2D eigenvalue weighted by atomic mass is 32.2. The number of benzene rings is 1. The minimum atomic E-state index is -0.876. The molecule has 17 heavy (non-hydrogen) atoms. The highest BCUT2D eigenvalue weighted by Gasteiger charge is 2.06. The summed E-state index contributed by atoms with van der Waals surface area (Å²) in [4.78, 5) is 0.943. The first kappa shape index (κ1) is 14.4. The van der Waals surface area contributed by atoms with Gasteiger partial charge in [0.2, 0.25) is 0 Å². The highest BCUT2D eigenvalue weighted by molar-refractivity contribution is 7.85. The van der Waals surface area contributed by atoms with Gasteiger partial charge in [-0.2, -0.15) is 0 Å². The molecule has 1 rings (SSSR count). The molecule has 1 aromatic rings. The van der Waals surface area contributed by atoms with Gasteiger partial charge in [0, 0.05) is 16.7 Å². The lowest BCUT2D eigenvalue weighted by atomic mass is 10.1. The third kappa shape index (κ3) is 4.60. The van der Waals surface area contributed by atoms with E-state index in [4.69, 9.17) is 5.73 Å². The van der Waals surface area contributed by atoms with Gasteiger partial charge in [0.25, 0.3) is 0 Å².